The van der Waals surface area contributed by atoms with E-state index in [1.807, 2.05) is 6.92 Å². The first-order valence-corrected chi connectivity index (χ1v) is 10.2. The molecule has 4 nitrogen and oxygen atoms in total. The van der Waals surface area contributed by atoms with Crippen LogP contribution in [0.25, 0.3) is 0 Å². The highest BCUT2D eigenvalue weighted by Crippen LogP contribution is 2.14. The first-order chi connectivity index (χ1) is 11.5. The van der Waals surface area contributed by atoms with Gasteiger partial charge < -0.3 is 15.3 Å². The van der Waals surface area contributed by atoms with Gasteiger partial charge in [0.1, 0.15) is 0 Å². The number of hydrogen-bond donors (Lipinski definition) is 2. The van der Waals surface area contributed by atoms with E-state index in [1.54, 1.807) is 0 Å². The van der Waals surface area contributed by atoms with Gasteiger partial charge in [0.25, 0.3) is 0 Å². The van der Waals surface area contributed by atoms with Crippen molar-refractivity contribution in [2.75, 3.05) is 26.2 Å². The van der Waals surface area contributed by atoms with E-state index in [2.05, 4.69) is 31.0 Å². The van der Waals surface area contributed by atoms with Gasteiger partial charge in [0.2, 0.25) is 5.91 Å². The average molecular weight is 343 g/mol. The van der Waals surface area contributed by atoms with Crippen LogP contribution < -0.4 is 5.32 Å². The molecule has 2 atom stereocenters. The number of unbranched alkanes of at least 4 members (excludes halogenated alkanes) is 3. The number of carbonyl (C=O) groups excluding carboxylic acids is 1. The molecule has 0 aromatic heterocycles. The highest BCUT2D eigenvalue weighted by atomic mass is 16.3. The average Bonchev–Trinajstić information content (AvgIpc) is 2.57. The monoisotopic (exact) mass is 342 g/mol. The van der Waals surface area contributed by atoms with E-state index in [1.165, 1.54) is 38.8 Å². The molecule has 0 aromatic rings. The molecule has 0 aliphatic heterocycles. The molecule has 0 aliphatic rings. The first kappa shape index (κ1) is 23.4. The molecular formula is C20H42N2O2. The molecule has 2 unspecified atom stereocenters. The molecule has 144 valence electrons. The zero-order valence-corrected chi connectivity index (χ0v) is 16.6. The van der Waals surface area contributed by atoms with E-state index in [9.17, 15) is 9.90 Å². The molecule has 0 spiro atoms. The fourth-order valence-corrected chi connectivity index (χ4v) is 2.83. The van der Waals surface area contributed by atoms with Crippen LogP contribution in [-0.2, 0) is 4.79 Å². The Kier molecular flexibility index (Phi) is 15.5. The van der Waals surface area contributed by atoms with Gasteiger partial charge in [0.15, 0.2) is 0 Å². The largest absolute Gasteiger partial charge is 0.393 e. The van der Waals surface area contributed by atoms with Gasteiger partial charge in [-0.15, -0.1) is 0 Å². The van der Waals surface area contributed by atoms with Gasteiger partial charge in [-0.25, -0.2) is 0 Å². The van der Waals surface area contributed by atoms with Crippen molar-refractivity contribution < 1.29 is 9.90 Å². The molecule has 0 saturated carbocycles. The van der Waals surface area contributed by atoms with Gasteiger partial charge in [0, 0.05) is 13.0 Å². The van der Waals surface area contributed by atoms with E-state index in [4.69, 9.17) is 0 Å². The summed E-state index contributed by atoms with van der Waals surface area (Å²) in [6.07, 6.45) is 8.97. The van der Waals surface area contributed by atoms with Crippen molar-refractivity contribution in [1.29, 1.82) is 0 Å². The van der Waals surface area contributed by atoms with Crippen LogP contribution in [0.3, 0.4) is 0 Å². The summed E-state index contributed by atoms with van der Waals surface area (Å²) in [5.74, 6) is 0.119. The number of aliphatic hydroxyl groups is 1. The smallest absolute Gasteiger partial charge is 0.220 e. The highest BCUT2D eigenvalue weighted by Gasteiger charge is 2.17. The van der Waals surface area contributed by atoms with Crippen molar-refractivity contribution in [3.63, 3.8) is 0 Å². The molecule has 0 bridgehead atoms. The Labute approximate surface area is 150 Å². The van der Waals surface area contributed by atoms with Gasteiger partial charge in [0.05, 0.1) is 6.10 Å². The van der Waals surface area contributed by atoms with Crippen LogP contribution in [0.15, 0.2) is 0 Å². The lowest BCUT2D eigenvalue weighted by Gasteiger charge is -2.22. The number of amides is 1. The molecule has 2 N–H and O–H groups in total. The molecule has 0 saturated heterocycles. The van der Waals surface area contributed by atoms with E-state index in [0.29, 0.717) is 6.42 Å². The quantitative estimate of drug-likeness (QED) is 0.417. The maximum Gasteiger partial charge on any atom is 0.220 e. The van der Waals surface area contributed by atoms with Crippen LogP contribution in [0.2, 0.25) is 0 Å². The van der Waals surface area contributed by atoms with Gasteiger partial charge in [-0.05, 0) is 51.2 Å². The molecule has 0 aromatic carbocycles. The molecule has 0 heterocycles. The molecule has 4 heteroatoms. The molecule has 0 radical (unpaired) electrons. The molecule has 0 rings (SSSR count). The minimum atomic E-state index is -0.353. The van der Waals surface area contributed by atoms with Crippen molar-refractivity contribution >= 4 is 5.91 Å². The third-order valence-corrected chi connectivity index (χ3v) is 4.65. The van der Waals surface area contributed by atoms with Crippen molar-refractivity contribution in [2.45, 2.75) is 91.6 Å². The van der Waals surface area contributed by atoms with Crippen LogP contribution in [0, 0.1) is 5.92 Å². The van der Waals surface area contributed by atoms with E-state index in [-0.39, 0.29) is 17.9 Å². The summed E-state index contributed by atoms with van der Waals surface area (Å²) in [4.78, 5) is 14.5. The van der Waals surface area contributed by atoms with Gasteiger partial charge in [-0.3, -0.25) is 4.79 Å². The van der Waals surface area contributed by atoms with Crippen LogP contribution in [0.4, 0.5) is 0 Å². The Morgan fingerprint density at radius 3 is 2.04 bits per heavy atom. The lowest BCUT2D eigenvalue weighted by molar-refractivity contribution is -0.122. The standard InChI is InChI=1S/C20H42N2O2/c1-5-8-12-19(23)18(4)17-20(24)21-13-11-16-22(14-9-6-2)15-10-7-3/h18-19,23H,5-17H2,1-4H3,(H,21,24). The topological polar surface area (TPSA) is 52.6 Å². The summed E-state index contributed by atoms with van der Waals surface area (Å²) in [6, 6.07) is 0. The summed E-state index contributed by atoms with van der Waals surface area (Å²) < 4.78 is 0. The fraction of sp³-hybridized carbons (Fsp3) is 0.950. The normalized spacial score (nSPS) is 13.9. The van der Waals surface area contributed by atoms with Crippen molar-refractivity contribution in [1.82, 2.24) is 10.2 Å². The van der Waals surface area contributed by atoms with Crippen molar-refractivity contribution in [2.24, 2.45) is 5.92 Å². The minimum absolute atomic E-state index is 0.0437. The molecule has 0 aliphatic carbocycles. The predicted octanol–water partition coefficient (Wildman–Crippen LogP) is 3.97. The zero-order valence-electron chi connectivity index (χ0n) is 16.6. The maximum atomic E-state index is 12.0. The first-order valence-electron chi connectivity index (χ1n) is 10.2. The zero-order chi connectivity index (χ0) is 18.2. The van der Waals surface area contributed by atoms with Crippen LogP contribution in [-0.4, -0.2) is 48.2 Å². The third-order valence-electron chi connectivity index (χ3n) is 4.65. The number of rotatable bonds is 16. The predicted molar refractivity (Wildman–Crippen MR) is 103 cm³/mol. The SMILES string of the molecule is CCCCC(O)C(C)CC(=O)NCCCN(CCCC)CCCC. The number of aliphatic hydroxyl groups excluding tert-OH is 1. The van der Waals surface area contributed by atoms with Gasteiger partial charge in [-0.2, -0.15) is 0 Å². The minimum Gasteiger partial charge on any atom is -0.393 e. The number of carbonyl (C=O) groups is 1. The van der Waals surface area contributed by atoms with E-state index in [0.717, 1.165) is 38.8 Å². The van der Waals surface area contributed by atoms with Crippen LogP contribution in [0.5, 0.6) is 0 Å². The molecular weight excluding hydrogens is 300 g/mol. The molecule has 24 heavy (non-hydrogen) atoms. The van der Waals surface area contributed by atoms with Crippen LogP contribution in [0.1, 0.15) is 85.5 Å². The Morgan fingerprint density at radius 1 is 0.958 bits per heavy atom. The van der Waals surface area contributed by atoms with E-state index >= 15 is 0 Å². The Bertz CT molecular complexity index is 289. The summed E-state index contributed by atoms with van der Waals surface area (Å²) in [5.41, 5.74) is 0. The van der Waals surface area contributed by atoms with Gasteiger partial charge >= 0.3 is 0 Å². The third kappa shape index (κ3) is 12.8. The number of nitrogens with zero attached hydrogens (tertiary/aromatic N) is 1. The summed E-state index contributed by atoms with van der Waals surface area (Å²) in [6.45, 7) is 12.7. The summed E-state index contributed by atoms with van der Waals surface area (Å²) in [7, 11) is 0. The maximum absolute atomic E-state index is 12.0. The molecule has 0 fully saturated rings. The van der Waals surface area contributed by atoms with Gasteiger partial charge in [-0.1, -0.05) is 53.4 Å². The summed E-state index contributed by atoms with van der Waals surface area (Å²) in [5, 5.41) is 13.0. The second-order valence-corrected chi connectivity index (χ2v) is 7.14. The number of hydrogen-bond acceptors (Lipinski definition) is 3. The van der Waals surface area contributed by atoms with Crippen molar-refractivity contribution in [3.05, 3.63) is 0 Å². The van der Waals surface area contributed by atoms with E-state index < -0.39 is 0 Å². The Hall–Kier alpha value is -0.610. The lowest BCUT2D eigenvalue weighted by atomic mass is 9.96. The second-order valence-electron chi connectivity index (χ2n) is 7.14. The van der Waals surface area contributed by atoms with Crippen LogP contribution >= 0.6 is 0 Å². The second kappa shape index (κ2) is 15.9. The molecule has 1 amide bonds. The number of nitrogens with one attached hydrogen (secondary N) is 1. The summed E-state index contributed by atoms with van der Waals surface area (Å²) >= 11 is 0. The Balaban J connectivity index is 3.88. The highest BCUT2D eigenvalue weighted by molar-refractivity contribution is 5.76. The fourth-order valence-electron chi connectivity index (χ4n) is 2.83. The lowest BCUT2D eigenvalue weighted by Crippen LogP contribution is -2.33. The van der Waals surface area contributed by atoms with Crippen molar-refractivity contribution in [3.8, 4) is 0 Å². The Morgan fingerprint density at radius 2 is 1.50 bits per heavy atom.